The van der Waals surface area contributed by atoms with E-state index in [9.17, 15) is 9.59 Å². The molecule has 190 valence electrons. The molecule has 0 radical (unpaired) electrons. The molecule has 1 aromatic heterocycles. The molecule has 0 atom stereocenters. The minimum Gasteiger partial charge on any atom is -0.495 e. The number of hydrogen-bond donors (Lipinski definition) is 1. The standard InChI is InChI=1S/C26H29N3O6S/c1-32-12-11-28(26(31)27-21-7-3-4-8-22(21)33-2)17-25(30)29(16-20-6-5-13-36-20)15-19-9-10-23-24(14-19)35-18-34-23/h3-10,13-14H,11-12,15-18H2,1-2H3,(H,27,31). The Balaban J connectivity index is 1.50. The number of amides is 3. The van der Waals surface area contributed by atoms with Crippen LogP contribution < -0.4 is 19.5 Å². The van der Waals surface area contributed by atoms with Gasteiger partial charge >= 0.3 is 6.03 Å². The molecule has 0 fully saturated rings. The first-order valence-electron chi connectivity index (χ1n) is 11.4. The third-order valence-corrected chi connectivity index (χ3v) is 6.48. The lowest BCUT2D eigenvalue weighted by Gasteiger charge is -2.28. The van der Waals surface area contributed by atoms with Crippen molar-refractivity contribution in [3.05, 3.63) is 70.4 Å². The van der Waals surface area contributed by atoms with Crippen LogP contribution >= 0.6 is 11.3 Å². The number of carbonyl (C=O) groups excluding carboxylic acids is 2. The van der Waals surface area contributed by atoms with Crippen LogP contribution in [0.2, 0.25) is 0 Å². The van der Waals surface area contributed by atoms with E-state index in [0.29, 0.717) is 42.6 Å². The van der Waals surface area contributed by atoms with E-state index in [1.165, 1.54) is 12.0 Å². The van der Waals surface area contributed by atoms with Crippen molar-refractivity contribution in [2.75, 3.05) is 46.0 Å². The van der Waals surface area contributed by atoms with E-state index in [0.717, 1.165) is 10.4 Å². The molecule has 3 amide bonds. The Kier molecular flexibility index (Phi) is 8.64. The number of carbonyl (C=O) groups is 2. The first kappa shape index (κ1) is 25.3. The van der Waals surface area contributed by atoms with Gasteiger partial charge in [0.15, 0.2) is 11.5 Å². The molecule has 0 spiro atoms. The number of para-hydroxylation sites is 2. The topological polar surface area (TPSA) is 89.6 Å². The summed E-state index contributed by atoms with van der Waals surface area (Å²) in [6, 6.07) is 16.3. The normalized spacial score (nSPS) is 11.7. The van der Waals surface area contributed by atoms with Crippen LogP contribution in [0.3, 0.4) is 0 Å². The molecular formula is C26H29N3O6S. The summed E-state index contributed by atoms with van der Waals surface area (Å²) in [6.45, 7) is 1.41. The van der Waals surface area contributed by atoms with Crippen LogP contribution in [-0.4, -0.2) is 62.4 Å². The van der Waals surface area contributed by atoms with E-state index >= 15 is 0 Å². The average molecular weight is 512 g/mol. The molecule has 0 saturated carbocycles. The molecule has 4 rings (SSSR count). The van der Waals surface area contributed by atoms with Crippen LogP contribution in [0.5, 0.6) is 17.2 Å². The van der Waals surface area contributed by atoms with Crippen molar-refractivity contribution < 1.29 is 28.5 Å². The van der Waals surface area contributed by atoms with Gasteiger partial charge in [0.1, 0.15) is 12.3 Å². The molecule has 0 bridgehead atoms. The first-order chi connectivity index (χ1) is 17.6. The van der Waals surface area contributed by atoms with Crippen molar-refractivity contribution in [1.82, 2.24) is 9.80 Å². The van der Waals surface area contributed by atoms with Crippen LogP contribution in [-0.2, 0) is 22.6 Å². The summed E-state index contributed by atoms with van der Waals surface area (Å²) in [7, 11) is 3.09. The van der Waals surface area contributed by atoms with Gasteiger partial charge in [-0.3, -0.25) is 4.79 Å². The number of methoxy groups -OCH3 is 2. The zero-order valence-electron chi connectivity index (χ0n) is 20.3. The third-order valence-electron chi connectivity index (χ3n) is 5.62. The average Bonchev–Trinajstić information content (AvgIpc) is 3.58. The fourth-order valence-corrected chi connectivity index (χ4v) is 4.46. The van der Waals surface area contributed by atoms with Crippen molar-refractivity contribution in [2.45, 2.75) is 13.1 Å². The van der Waals surface area contributed by atoms with Crippen molar-refractivity contribution in [1.29, 1.82) is 0 Å². The number of nitrogens with one attached hydrogen (secondary N) is 1. The molecule has 0 saturated heterocycles. The Morgan fingerprint density at radius 1 is 1.00 bits per heavy atom. The van der Waals surface area contributed by atoms with E-state index in [4.69, 9.17) is 18.9 Å². The van der Waals surface area contributed by atoms with Gasteiger partial charge < -0.3 is 34.1 Å². The maximum absolute atomic E-state index is 13.5. The van der Waals surface area contributed by atoms with Crippen molar-refractivity contribution in [2.24, 2.45) is 0 Å². The molecule has 1 aliphatic rings. The highest BCUT2D eigenvalue weighted by molar-refractivity contribution is 7.09. The molecule has 10 heteroatoms. The minimum atomic E-state index is -0.413. The molecule has 3 aromatic rings. The van der Waals surface area contributed by atoms with E-state index in [2.05, 4.69) is 5.32 Å². The van der Waals surface area contributed by atoms with Crippen LogP contribution in [0.15, 0.2) is 60.0 Å². The molecule has 2 aromatic carbocycles. The van der Waals surface area contributed by atoms with Gasteiger partial charge in [-0.15, -0.1) is 11.3 Å². The van der Waals surface area contributed by atoms with Gasteiger partial charge in [-0.1, -0.05) is 24.3 Å². The second-order valence-corrected chi connectivity index (χ2v) is 9.09. The van der Waals surface area contributed by atoms with Gasteiger partial charge in [0.25, 0.3) is 0 Å². The molecular weight excluding hydrogens is 482 g/mol. The monoisotopic (exact) mass is 511 g/mol. The quantitative estimate of drug-likeness (QED) is 0.415. The number of nitrogens with zero attached hydrogens (tertiary/aromatic N) is 2. The Hall–Kier alpha value is -3.76. The van der Waals surface area contributed by atoms with Gasteiger partial charge in [0.2, 0.25) is 12.7 Å². The summed E-state index contributed by atoms with van der Waals surface area (Å²) in [6.07, 6.45) is 0. The third kappa shape index (κ3) is 6.46. The number of thiophene rings is 1. The summed E-state index contributed by atoms with van der Waals surface area (Å²) in [5.41, 5.74) is 1.43. The van der Waals surface area contributed by atoms with Gasteiger partial charge in [0.05, 0.1) is 25.9 Å². The number of rotatable bonds is 11. The fraction of sp³-hybridized carbons (Fsp3) is 0.308. The van der Waals surface area contributed by atoms with E-state index < -0.39 is 6.03 Å². The maximum Gasteiger partial charge on any atom is 0.322 e. The zero-order valence-corrected chi connectivity index (χ0v) is 21.1. The summed E-state index contributed by atoms with van der Waals surface area (Å²) < 4.78 is 21.4. The van der Waals surface area contributed by atoms with Crippen molar-refractivity contribution >= 4 is 29.0 Å². The van der Waals surface area contributed by atoms with Crippen LogP contribution in [0.25, 0.3) is 0 Å². The van der Waals surface area contributed by atoms with E-state index in [1.807, 2.05) is 41.8 Å². The second kappa shape index (κ2) is 12.3. The smallest absolute Gasteiger partial charge is 0.322 e. The zero-order chi connectivity index (χ0) is 25.3. The number of ether oxygens (including phenoxy) is 4. The van der Waals surface area contributed by atoms with Crippen LogP contribution in [0.4, 0.5) is 10.5 Å². The lowest BCUT2D eigenvalue weighted by atomic mass is 10.2. The number of fused-ring (bicyclic) bond motifs is 1. The van der Waals surface area contributed by atoms with E-state index in [1.54, 1.807) is 41.5 Å². The first-order valence-corrected chi connectivity index (χ1v) is 12.3. The molecule has 0 aliphatic carbocycles. The Morgan fingerprint density at radius 3 is 2.61 bits per heavy atom. The molecule has 1 aliphatic heterocycles. The summed E-state index contributed by atoms with van der Waals surface area (Å²) in [5.74, 6) is 1.70. The van der Waals surface area contributed by atoms with Gasteiger partial charge in [-0.2, -0.15) is 0 Å². The number of hydrogen-bond acceptors (Lipinski definition) is 7. The van der Waals surface area contributed by atoms with Crippen molar-refractivity contribution in [3.8, 4) is 17.2 Å². The van der Waals surface area contributed by atoms with Crippen molar-refractivity contribution in [3.63, 3.8) is 0 Å². The molecule has 2 heterocycles. The van der Waals surface area contributed by atoms with Gasteiger partial charge in [-0.05, 0) is 41.3 Å². The maximum atomic E-state index is 13.5. The molecule has 9 nitrogen and oxygen atoms in total. The minimum absolute atomic E-state index is 0.111. The lowest BCUT2D eigenvalue weighted by molar-refractivity contribution is -0.133. The van der Waals surface area contributed by atoms with E-state index in [-0.39, 0.29) is 25.8 Å². The molecule has 36 heavy (non-hydrogen) atoms. The summed E-state index contributed by atoms with van der Waals surface area (Å²) in [4.78, 5) is 30.9. The van der Waals surface area contributed by atoms with Gasteiger partial charge in [0, 0.05) is 25.1 Å². The molecule has 0 unspecified atom stereocenters. The number of anilines is 1. The van der Waals surface area contributed by atoms with Gasteiger partial charge in [-0.25, -0.2) is 4.79 Å². The highest BCUT2D eigenvalue weighted by atomic mass is 32.1. The SMILES string of the molecule is COCCN(CC(=O)N(Cc1ccc2c(c1)OCO2)Cc1cccs1)C(=O)Nc1ccccc1OC. The predicted molar refractivity (Wildman–Crippen MR) is 137 cm³/mol. The Labute approximate surface area is 214 Å². The number of benzene rings is 2. The number of urea groups is 1. The largest absolute Gasteiger partial charge is 0.495 e. The summed E-state index contributed by atoms with van der Waals surface area (Å²) >= 11 is 1.58. The fourth-order valence-electron chi connectivity index (χ4n) is 3.74. The van der Waals surface area contributed by atoms with Crippen LogP contribution in [0.1, 0.15) is 10.4 Å². The highest BCUT2D eigenvalue weighted by Crippen LogP contribution is 2.33. The Bertz CT molecular complexity index is 1170. The summed E-state index contributed by atoms with van der Waals surface area (Å²) in [5, 5.41) is 4.82. The predicted octanol–water partition coefficient (Wildman–Crippen LogP) is 4.19. The lowest BCUT2D eigenvalue weighted by Crippen LogP contribution is -2.45. The highest BCUT2D eigenvalue weighted by Gasteiger charge is 2.24. The van der Waals surface area contributed by atoms with Crippen LogP contribution in [0, 0.1) is 0 Å². The second-order valence-electron chi connectivity index (χ2n) is 8.06. The Morgan fingerprint density at radius 2 is 1.83 bits per heavy atom. The molecule has 1 N–H and O–H groups in total.